The Morgan fingerprint density at radius 2 is 2.12 bits per heavy atom. The number of carbonyl (C=O) groups excluding carboxylic acids is 1. The van der Waals surface area contributed by atoms with Crippen molar-refractivity contribution in [2.45, 2.75) is 42.4 Å². The van der Waals surface area contributed by atoms with Crippen molar-refractivity contribution in [1.82, 2.24) is 4.31 Å². The van der Waals surface area contributed by atoms with E-state index < -0.39 is 20.6 Å². The third-order valence-corrected chi connectivity index (χ3v) is 6.52. The molecule has 3 rings (SSSR count). The average molecular weight is 370 g/mol. The van der Waals surface area contributed by atoms with Crippen LogP contribution in [-0.2, 0) is 24.3 Å². The van der Waals surface area contributed by atoms with E-state index in [0.717, 1.165) is 0 Å². The zero-order chi connectivity index (χ0) is 18.2. The number of nitro benzene ring substituents is 1. The van der Waals surface area contributed by atoms with Gasteiger partial charge in [-0.25, -0.2) is 8.42 Å². The number of ether oxygens (including phenoxy) is 2. The molecule has 0 unspecified atom stereocenters. The van der Waals surface area contributed by atoms with E-state index in [1.54, 1.807) is 0 Å². The second-order valence-electron chi connectivity index (χ2n) is 6.02. The van der Waals surface area contributed by atoms with Crippen LogP contribution < -0.4 is 0 Å². The Kier molecular flexibility index (Phi) is 4.76. The number of carbonyl (C=O) groups is 1. The Balaban J connectivity index is 1.74. The number of benzene rings is 1. The smallest absolute Gasteiger partial charge is 0.308 e. The highest BCUT2D eigenvalue weighted by atomic mass is 32.2. The lowest BCUT2D eigenvalue weighted by molar-refractivity contribution is -0.387. The fraction of sp³-hybridized carbons (Fsp3) is 0.533. The molecule has 0 bridgehead atoms. The standard InChI is InChI=1S/C15H18N2O7S/c1-23-15(18)8-10-6-7-11-13(24-10)9-16(11)25(21,22)14-5-3-2-4-12(14)17(19)20/h2-5,10-11,13H,6-9H2,1H3/t10-,11+,13+/m0/s1. The van der Waals surface area contributed by atoms with Crippen LogP contribution in [0, 0.1) is 10.1 Å². The first-order chi connectivity index (χ1) is 11.8. The van der Waals surface area contributed by atoms with Crippen molar-refractivity contribution in [3.63, 3.8) is 0 Å². The summed E-state index contributed by atoms with van der Waals surface area (Å²) in [5, 5.41) is 11.1. The predicted octanol–water partition coefficient (Wildman–Crippen LogP) is 1.08. The number of rotatable bonds is 5. The second-order valence-corrected chi connectivity index (χ2v) is 7.88. The van der Waals surface area contributed by atoms with E-state index in [0.29, 0.717) is 12.8 Å². The molecule has 0 spiro atoms. The van der Waals surface area contributed by atoms with Gasteiger partial charge < -0.3 is 9.47 Å². The maximum Gasteiger partial charge on any atom is 0.308 e. The summed E-state index contributed by atoms with van der Waals surface area (Å²) in [5.41, 5.74) is -0.439. The van der Waals surface area contributed by atoms with Crippen LogP contribution in [0.2, 0.25) is 0 Å². The number of para-hydroxylation sites is 1. The molecule has 1 aromatic rings. The first-order valence-electron chi connectivity index (χ1n) is 7.82. The van der Waals surface area contributed by atoms with Gasteiger partial charge in [-0.2, -0.15) is 4.31 Å². The Labute approximate surface area is 144 Å². The van der Waals surface area contributed by atoms with E-state index in [2.05, 4.69) is 4.74 Å². The van der Waals surface area contributed by atoms with Crippen LogP contribution in [0.3, 0.4) is 0 Å². The summed E-state index contributed by atoms with van der Waals surface area (Å²) in [6.45, 7) is 0.122. The van der Waals surface area contributed by atoms with Crippen molar-refractivity contribution >= 4 is 21.7 Å². The molecule has 2 aliphatic heterocycles. The molecule has 136 valence electrons. The maximum absolute atomic E-state index is 12.8. The van der Waals surface area contributed by atoms with Gasteiger partial charge in [0.2, 0.25) is 10.0 Å². The van der Waals surface area contributed by atoms with Crippen molar-refractivity contribution in [3.8, 4) is 0 Å². The van der Waals surface area contributed by atoms with E-state index in [1.807, 2.05) is 0 Å². The summed E-state index contributed by atoms with van der Waals surface area (Å²) in [4.78, 5) is 21.4. The molecule has 0 amide bonds. The molecule has 3 atom stereocenters. The molecular formula is C15H18N2O7S. The fourth-order valence-electron chi connectivity index (χ4n) is 3.27. The Bertz CT molecular complexity index is 795. The molecule has 0 N–H and O–H groups in total. The third kappa shape index (κ3) is 3.24. The number of nitro groups is 1. The average Bonchev–Trinajstić information content (AvgIpc) is 2.56. The molecule has 2 aliphatic rings. The molecule has 1 aromatic carbocycles. The van der Waals surface area contributed by atoms with Crippen LogP contribution in [0.5, 0.6) is 0 Å². The zero-order valence-electron chi connectivity index (χ0n) is 13.5. The number of hydrogen-bond donors (Lipinski definition) is 0. The monoisotopic (exact) mass is 370 g/mol. The van der Waals surface area contributed by atoms with Crippen LogP contribution in [-0.4, -0.2) is 55.5 Å². The van der Waals surface area contributed by atoms with Gasteiger partial charge in [0.1, 0.15) is 0 Å². The lowest BCUT2D eigenvalue weighted by Crippen LogP contribution is -2.65. The van der Waals surface area contributed by atoms with Crippen LogP contribution in [0.1, 0.15) is 19.3 Å². The van der Waals surface area contributed by atoms with Gasteiger partial charge in [0.25, 0.3) is 5.69 Å². The summed E-state index contributed by atoms with van der Waals surface area (Å²) in [6, 6.07) is 4.94. The van der Waals surface area contributed by atoms with Gasteiger partial charge in [0.15, 0.2) is 4.90 Å². The van der Waals surface area contributed by atoms with Gasteiger partial charge in [0, 0.05) is 12.6 Å². The molecule has 2 heterocycles. The zero-order valence-corrected chi connectivity index (χ0v) is 14.3. The summed E-state index contributed by atoms with van der Waals surface area (Å²) in [6.07, 6.45) is 0.604. The van der Waals surface area contributed by atoms with Crippen LogP contribution >= 0.6 is 0 Å². The van der Waals surface area contributed by atoms with E-state index in [-0.39, 0.29) is 42.1 Å². The molecule has 25 heavy (non-hydrogen) atoms. The minimum Gasteiger partial charge on any atom is -0.469 e. The minimum absolute atomic E-state index is 0.122. The van der Waals surface area contributed by atoms with Crippen LogP contribution in [0.25, 0.3) is 0 Å². The number of hydrogen-bond acceptors (Lipinski definition) is 7. The van der Waals surface area contributed by atoms with Crippen molar-refractivity contribution in [2.24, 2.45) is 0 Å². The lowest BCUT2D eigenvalue weighted by Gasteiger charge is -2.50. The maximum atomic E-state index is 12.8. The molecule has 0 aromatic heterocycles. The number of fused-ring (bicyclic) bond motifs is 1. The van der Waals surface area contributed by atoms with Gasteiger partial charge in [-0.05, 0) is 18.9 Å². The number of esters is 1. The van der Waals surface area contributed by atoms with Crippen molar-refractivity contribution in [3.05, 3.63) is 34.4 Å². The Morgan fingerprint density at radius 1 is 1.40 bits per heavy atom. The predicted molar refractivity (Wildman–Crippen MR) is 85.3 cm³/mol. The fourth-order valence-corrected chi connectivity index (χ4v) is 5.12. The van der Waals surface area contributed by atoms with E-state index in [1.165, 1.54) is 35.7 Å². The summed E-state index contributed by atoms with van der Waals surface area (Å²) < 4.78 is 37.2. The number of sulfonamides is 1. The first-order valence-corrected chi connectivity index (χ1v) is 9.26. The van der Waals surface area contributed by atoms with Gasteiger partial charge >= 0.3 is 5.97 Å². The number of nitrogens with zero attached hydrogens (tertiary/aromatic N) is 2. The van der Waals surface area contributed by atoms with Crippen molar-refractivity contribution in [2.75, 3.05) is 13.7 Å². The SMILES string of the molecule is COC(=O)C[C@@H]1CC[C@@H]2[C@@H](CN2S(=O)(=O)c2ccccc2[N+](=O)[O-])O1. The van der Waals surface area contributed by atoms with Gasteiger partial charge in [-0.1, -0.05) is 12.1 Å². The minimum atomic E-state index is -3.97. The normalized spacial score (nSPS) is 26.4. The van der Waals surface area contributed by atoms with E-state index >= 15 is 0 Å². The number of methoxy groups -OCH3 is 1. The van der Waals surface area contributed by atoms with Crippen molar-refractivity contribution in [1.29, 1.82) is 0 Å². The topological polar surface area (TPSA) is 116 Å². The van der Waals surface area contributed by atoms with E-state index in [9.17, 15) is 23.3 Å². The molecular weight excluding hydrogens is 352 g/mol. The van der Waals surface area contributed by atoms with Crippen LogP contribution in [0.4, 0.5) is 5.69 Å². The van der Waals surface area contributed by atoms with Crippen molar-refractivity contribution < 1.29 is 27.6 Å². The molecule has 10 heteroatoms. The Morgan fingerprint density at radius 3 is 2.76 bits per heavy atom. The molecule has 9 nitrogen and oxygen atoms in total. The lowest BCUT2D eigenvalue weighted by atomic mass is 9.91. The highest BCUT2D eigenvalue weighted by Crippen LogP contribution is 2.38. The summed E-state index contributed by atoms with van der Waals surface area (Å²) in [7, 11) is -2.67. The molecule has 2 saturated heterocycles. The molecule has 2 fully saturated rings. The van der Waals surface area contributed by atoms with Gasteiger partial charge in [-0.3, -0.25) is 14.9 Å². The first kappa shape index (κ1) is 17.8. The highest BCUT2D eigenvalue weighted by molar-refractivity contribution is 7.89. The van der Waals surface area contributed by atoms with Gasteiger partial charge in [-0.15, -0.1) is 0 Å². The quantitative estimate of drug-likeness (QED) is 0.432. The molecule has 0 saturated carbocycles. The summed E-state index contributed by atoms with van der Waals surface area (Å²) in [5.74, 6) is -0.368. The third-order valence-electron chi connectivity index (χ3n) is 4.58. The Hall–Kier alpha value is -2.04. The van der Waals surface area contributed by atoms with Crippen LogP contribution in [0.15, 0.2) is 29.2 Å². The highest BCUT2D eigenvalue weighted by Gasteiger charge is 2.51. The molecule has 0 radical (unpaired) electrons. The summed E-state index contributed by atoms with van der Waals surface area (Å²) >= 11 is 0. The largest absolute Gasteiger partial charge is 0.469 e. The van der Waals surface area contributed by atoms with Gasteiger partial charge in [0.05, 0.1) is 36.7 Å². The molecule has 0 aliphatic carbocycles. The second kappa shape index (κ2) is 6.70. The van der Waals surface area contributed by atoms with E-state index in [4.69, 9.17) is 4.74 Å².